The van der Waals surface area contributed by atoms with Gasteiger partial charge < -0.3 is 4.57 Å². The number of hydrogen-bond acceptors (Lipinski definition) is 1. The van der Waals surface area contributed by atoms with E-state index in [0.29, 0.717) is 0 Å². The van der Waals surface area contributed by atoms with E-state index in [9.17, 15) is 0 Å². The number of benzene rings is 4. The number of para-hydroxylation sites is 1. The first-order valence-corrected chi connectivity index (χ1v) is 10.4. The Morgan fingerprint density at radius 1 is 0.643 bits per heavy atom. The predicted octanol–water partition coefficient (Wildman–Crippen LogP) is 7.77. The SMILES string of the molecule is Cc1ccc2c(c1)sc1ccc3c4ccc(C)cc4n(-c4ccccc4)c3c12. The van der Waals surface area contributed by atoms with E-state index in [2.05, 4.69) is 97.3 Å². The molecule has 0 aliphatic rings. The molecular weight excluding hydrogens is 358 g/mol. The van der Waals surface area contributed by atoms with Crippen molar-refractivity contribution in [1.29, 1.82) is 0 Å². The van der Waals surface area contributed by atoms with Gasteiger partial charge in [-0.1, -0.05) is 48.5 Å². The molecule has 0 amide bonds. The molecule has 0 saturated carbocycles. The fourth-order valence-electron chi connectivity index (χ4n) is 4.43. The van der Waals surface area contributed by atoms with E-state index in [-0.39, 0.29) is 0 Å². The van der Waals surface area contributed by atoms with Crippen molar-refractivity contribution >= 4 is 53.3 Å². The Hall–Kier alpha value is -3.10. The van der Waals surface area contributed by atoms with E-state index in [1.54, 1.807) is 0 Å². The second kappa shape index (κ2) is 5.70. The molecule has 0 aliphatic carbocycles. The zero-order chi connectivity index (χ0) is 18.8. The van der Waals surface area contributed by atoms with Crippen LogP contribution in [0.15, 0.2) is 78.9 Å². The molecule has 2 heteroatoms. The molecule has 0 unspecified atom stereocenters. The number of aromatic nitrogens is 1. The van der Waals surface area contributed by atoms with Crippen LogP contribution in [0.2, 0.25) is 0 Å². The van der Waals surface area contributed by atoms with Gasteiger partial charge in [0.25, 0.3) is 0 Å². The van der Waals surface area contributed by atoms with Crippen molar-refractivity contribution in [3.8, 4) is 5.69 Å². The summed E-state index contributed by atoms with van der Waals surface area (Å²) in [6, 6.07) is 29.0. The van der Waals surface area contributed by atoms with Crippen LogP contribution >= 0.6 is 11.3 Å². The van der Waals surface area contributed by atoms with E-state index in [1.807, 2.05) is 11.3 Å². The summed E-state index contributed by atoms with van der Waals surface area (Å²) in [4.78, 5) is 0. The summed E-state index contributed by atoms with van der Waals surface area (Å²) >= 11 is 1.89. The smallest absolute Gasteiger partial charge is 0.0634 e. The van der Waals surface area contributed by atoms with Gasteiger partial charge in [0.1, 0.15) is 0 Å². The summed E-state index contributed by atoms with van der Waals surface area (Å²) in [5.74, 6) is 0. The molecule has 0 N–H and O–H groups in total. The zero-order valence-corrected chi connectivity index (χ0v) is 16.7. The Balaban J connectivity index is 1.93. The maximum atomic E-state index is 2.45. The lowest BCUT2D eigenvalue weighted by Crippen LogP contribution is -1.93. The van der Waals surface area contributed by atoms with Crippen molar-refractivity contribution in [2.24, 2.45) is 0 Å². The third-order valence-electron chi connectivity index (χ3n) is 5.69. The molecule has 0 bridgehead atoms. The van der Waals surface area contributed by atoms with Crippen molar-refractivity contribution in [3.05, 3.63) is 90.0 Å². The van der Waals surface area contributed by atoms with Crippen LogP contribution in [0.1, 0.15) is 11.1 Å². The van der Waals surface area contributed by atoms with Crippen LogP contribution in [-0.2, 0) is 0 Å². The van der Waals surface area contributed by atoms with E-state index in [0.717, 1.165) is 0 Å². The molecule has 0 aliphatic heterocycles. The van der Waals surface area contributed by atoms with Gasteiger partial charge in [0.15, 0.2) is 0 Å². The molecule has 1 nitrogen and oxygen atoms in total. The third-order valence-corrected chi connectivity index (χ3v) is 6.81. The minimum absolute atomic E-state index is 1.21. The summed E-state index contributed by atoms with van der Waals surface area (Å²) in [5.41, 5.74) is 6.41. The molecule has 0 saturated heterocycles. The minimum Gasteiger partial charge on any atom is -0.309 e. The van der Waals surface area contributed by atoms with E-state index >= 15 is 0 Å². The minimum atomic E-state index is 1.21. The molecule has 134 valence electrons. The van der Waals surface area contributed by atoms with Gasteiger partial charge in [0.2, 0.25) is 0 Å². The van der Waals surface area contributed by atoms with Crippen LogP contribution in [0.3, 0.4) is 0 Å². The van der Waals surface area contributed by atoms with Crippen molar-refractivity contribution in [2.75, 3.05) is 0 Å². The third kappa shape index (κ3) is 2.12. The first-order chi connectivity index (χ1) is 13.7. The molecule has 6 rings (SSSR count). The van der Waals surface area contributed by atoms with Gasteiger partial charge in [0.05, 0.1) is 11.0 Å². The average molecular weight is 378 g/mol. The highest BCUT2D eigenvalue weighted by Crippen LogP contribution is 2.43. The largest absolute Gasteiger partial charge is 0.309 e. The van der Waals surface area contributed by atoms with Gasteiger partial charge in [-0.25, -0.2) is 0 Å². The summed E-state index contributed by atoms with van der Waals surface area (Å²) < 4.78 is 5.17. The second-order valence-electron chi connectivity index (χ2n) is 7.63. The summed E-state index contributed by atoms with van der Waals surface area (Å²) in [6.07, 6.45) is 0. The topological polar surface area (TPSA) is 4.93 Å². The van der Waals surface area contributed by atoms with Crippen LogP contribution in [0.5, 0.6) is 0 Å². The molecular formula is C26H19NS. The molecule has 0 fully saturated rings. The van der Waals surface area contributed by atoms with Crippen molar-refractivity contribution < 1.29 is 0 Å². The maximum absolute atomic E-state index is 2.45. The number of hydrogen-bond donors (Lipinski definition) is 0. The van der Waals surface area contributed by atoms with Gasteiger partial charge >= 0.3 is 0 Å². The van der Waals surface area contributed by atoms with Crippen molar-refractivity contribution in [3.63, 3.8) is 0 Å². The molecule has 6 aromatic rings. The lowest BCUT2D eigenvalue weighted by molar-refractivity contribution is 1.18. The summed E-state index contributed by atoms with van der Waals surface area (Å²) in [7, 11) is 0. The van der Waals surface area contributed by atoms with Gasteiger partial charge in [-0.15, -0.1) is 11.3 Å². The van der Waals surface area contributed by atoms with Gasteiger partial charge in [-0.05, 0) is 55.3 Å². The number of nitrogens with zero attached hydrogens (tertiary/aromatic N) is 1. The number of aryl methyl sites for hydroxylation is 2. The second-order valence-corrected chi connectivity index (χ2v) is 8.71. The average Bonchev–Trinajstić information content (AvgIpc) is 3.22. The van der Waals surface area contributed by atoms with Gasteiger partial charge in [-0.2, -0.15) is 0 Å². The van der Waals surface area contributed by atoms with E-state index < -0.39 is 0 Å². The molecule has 2 aromatic heterocycles. The van der Waals surface area contributed by atoms with Crippen molar-refractivity contribution in [1.82, 2.24) is 4.57 Å². The Bertz CT molecular complexity index is 1520. The maximum Gasteiger partial charge on any atom is 0.0634 e. The van der Waals surface area contributed by atoms with E-state index in [4.69, 9.17) is 0 Å². The molecule has 28 heavy (non-hydrogen) atoms. The lowest BCUT2D eigenvalue weighted by Gasteiger charge is -2.09. The van der Waals surface area contributed by atoms with Crippen LogP contribution < -0.4 is 0 Å². The monoisotopic (exact) mass is 377 g/mol. The quantitative estimate of drug-likeness (QED) is 0.276. The number of thiophene rings is 1. The Morgan fingerprint density at radius 2 is 1.36 bits per heavy atom. The highest BCUT2D eigenvalue weighted by Gasteiger charge is 2.18. The highest BCUT2D eigenvalue weighted by molar-refractivity contribution is 7.26. The van der Waals surface area contributed by atoms with Crippen molar-refractivity contribution in [2.45, 2.75) is 13.8 Å². The van der Waals surface area contributed by atoms with Crippen LogP contribution in [-0.4, -0.2) is 4.57 Å². The Morgan fingerprint density at radius 3 is 2.18 bits per heavy atom. The first kappa shape index (κ1) is 15.9. The molecule has 0 radical (unpaired) electrons. The van der Waals surface area contributed by atoms with Gasteiger partial charge in [-0.3, -0.25) is 0 Å². The predicted molar refractivity (Wildman–Crippen MR) is 123 cm³/mol. The molecule has 2 heterocycles. The lowest BCUT2D eigenvalue weighted by atomic mass is 10.1. The number of fused-ring (bicyclic) bond motifs is 7. The fraction of sp³-hybridized carbons (Fsp3) is 0.0769. The number of rotatable bonds is 1. The Labute approximate surface area is 167 Å². The van der Waals surface area contributed by atoms with Gasteiger partial charge in [0, 0.05) is 36.6 Å². The standard InChI is InChI=1S/C26H19NS/c1-16-8-10-19-20-12-13-23-25(21-11-9-17(2)15-24(21)28-23)26(20)27(22(19)14-16)18-6-4-3-5-7-18/h3-15H,1-2H3. The Kier molecular flexibility index (Phi) is 3.24. The normalized spacial score (nSPS) is 11.9. The van der Waals surface area contributed by atoms with Crippen LogP contribution in [0, 0.1) is 13.8 Å². The highest BCUT2D eigenvalue weighted by atomic mass is 32.1. The molecule has 0 atom stereocenters. The molecule has 4 aromatic carbocycles. The fourth-order valence-corrected chi connectivity index (χ4v) is 5.63. The first-order valence-electron chi connectivity index (χ1n) is 9.63. The zero-order valence-electron chi connectivity index (χ0n) is 15.9. The molecule has 0 spiro atoms. The van der Waals surface area contributed by atoms with Crippen LogP contribution in [0.4, 0.5) is 0 Å². The summed E-state index contributed by atoms with van der Waals surface area (Å²) in [6.45, 7) is 4.34. The van der Waals surface area contributed by atoms with E-state index in [1.165, 1.54) is 58.8 Å². The summed E-state index contributed by atoms with van der Waals surface area (Å²) in [5, 5.41) is 5.37. The van der Waals surface area contributed by atoms with Crippen LogP contribution in [0.25, 0.3) is 47.7 Å².